The van der Waals surface area contributed by atoms with E-state index in [9.17, 15) is 4.79 Å². The van der Waals surface area contributed by atoms with Crippen LogP contribution in [0.4, 0.5) is 5.69 Å². The molecule has 0 spiro atoms. The Morgan fingerprint density at radius 3 is 2.70 bits per heavy atom. The van der Waals surface area contributed by atoms with E-state index < -0.39 is 0 Å². The highest BCUT2D eigenvalue weighted by Gasteiger charge is 2.28. The summed E-state index contributed by atoms with van der Waals surface area (Å²) in [7, 11) is 3.96. The van der Waals surface area contributed by atoms with Gasteiger partial charge in [0.2, 0.25) is 5.88 Å². The largest absolute Gasteiger partial charge is 0.472 e. The molecule has 0 saturated carbocycles. The Bertz CT molecular complexity index is 658. The fourth-order valence-electron chi connectivity index (χ4n) is 2.61. The molecule has 2 heterocycles. The van der Waals surface area contributed by atoms with Crippen LogP contribution in [-0.4, -0.2) is 54.1 Å². The lowest BCUT2D eigenvalue weighted by molar-refractivity contribution is 0.0771. The number of amides is 1. The summed E-state index contributed by atoms with van der Waals surface area (Å²) in [5, 5.41) is 0. The van der Waals surface area contributed by atoms with Gasteiger partial charge in [-0.3, -0.25) is 4.79 Å². The molecule has 1 atom stereocenters. The van der Waals surface area contributed by atoms with E-state index in [0.29, 0.717) is 24.5 Å². The summed E-state index contributed by atoms with van der Waals surface area (Å²) in [5.74, 6) is 0.596. The molecule has 3 rings (SSSR count). The second-order valence-corrected chi connectivity index (χ2v) is 5.77. The minimum Gasteiger partial charge on any atom is -0.472 e. The number of aromatic nitrogens is 2. The Labute approximate surface area is 135 Å². The highest BCUT2D eigenvalue weighted by Crippen LogP contribution is 2.19. The minimum absolute atomic E-state index is 0.0186. The molecule has 0 radical (unpaired) electrons. The first-order valence-electron chi connectivity index (χ1n) is 7.63. The monoisotopic (exact) mass is 312 g/mol. The molecule has 1 saturated heterocycles. The normalized spacial score (nSPS) is 17.1. The Morgan fingerprint density at radius 2 is 2.04 bits per heavy atom. The molecule has 1 aliphatic heterocycles. The zero-order valence-corrected chi connectivity index (χ0v) is 13.3. The molecule has 120 valence electrons. The van der Waals surface area contributed by atoms with Gasteiger partial charge in [0.1, 0.15) is 12.4 Å². The summed E-state index contributed by atoms with van der Waals surface area (Å²) in [6.07, 6.45) is 3.90. The molecule has 1 aromatic carbocycles. The van der Waals surface area contributed by atoms with E-state index in [1.165, 1.54) is 6.33 Å². The zero-order valence-electron chi connectivity index (χ0n) is 13.3. The molecule has 0 unspecified atom stereocenters. The highest BCUT2D eigenvalue weighted by atomic mass is 16.5. The molecule has 1 aliphatic rings. The number of likely N-dealkylation sites (tertiary alicyclic amines) is 1. The maximum Gasteiger partial charge on any atom is 0.253 e. The van der Waals surface area contributed by atoms with Gasteiger partial charge in [-0.15, -0.1) is 0 Å². The SMILES string of the molecule is CN(C)c1ccc(C(=O)N2CC[C@H](Oc3ccncn3)C2)cc1. The van der Waals surface area contributed by atoms with Gasteiger partial charge < -0.3 is 14.5 Å². The van der Waals surface area contributed by atoms with Gasteiger partial charge in [-0.25, -0.2) is 9.97 Å². The lowest BCUT2D eigenvalue weighted by atomic mass is 10.2. The number of hydrogen-bond acceptors (Lipinski definition) is 5. The van der Waals surface area contributed by atoms with E-state index in [1.54, 1.807) is 12.3 Å². The third-order valence-electron chi connectivity index (χ3n) is 3.91. The summed E-state index contributed by atoms with van der Waals surface area (Å²) in [4.78, 5) is 24.3. The van der Waals surface area contributed by atoms with Crippen molar-refractivity contribution in [2.24, 2.45) is 0 Å². The van der Waals surface area contributed by atoms with E-state index in [0.717, 1.165) is 12.1 Å². The third-order valence-corrected chi connectivity index (χ3v) is 3.91. The van der Waals surface area contributed by atoms with Gasteiger partial charge in [-0.1, -0.05) is 0 Å². The van der Waals surface area contributed by atoms with Crippen molar-refractivity contribution < 1.29 is 9.53 Å². The van der Waals surface area contributed by atoms with Crippen molar-refractivity contribution in [3.63, 3.8) is 0 Å². The lowest BCUT2D eigenvalue weighted by Crippen LogP contribution is -2.31. The predicted octanol–water partition coefficient (Wildman–Crippen LogP) is 1.84. The first kappa shape index (κ1) is 15.3. The quantitative estimate of drug-likeness (QED) is 0.862. The van der Waals surface area contributed by atoms with E-state index in [4.69, 9.17) is 4.74 Å². The predicted molar refractivity (Wildman–Crippen MR) is 87.7 cm³/mol. The van der Waals surface area contributed by atoms with Gasteiger partial charge in [-0.05, 0) is 24.3 Å². The number of rotatable bonds is 4. The summed E-state index contributed by atoms with van der Waals surface area (Å²) >= 11 is 0. The maximum atomic E-state index is 12.6. The molecule has 23 heavy (non-hydrogen) atoms. The van der Waals surface area contributed by atoms with Gasteiger partial charge >= 0.3 is 0 Å². The molecule has 1 aromatic heterocycles. The fourth-order valence-corrected chi connectivity index (χ4v) is 2.61. The number of carbonyl (C=O) groups excluding carboxylic acids is 1. The van der Waals surface area contributed by atoms with E-state index in [-0.39, 0.29) is 12.0 Å². The average molecular weight is 312 g/mol. The fraction of sp³-hybridized carbons (Fsp3) is 0.353. The van der Waals surface area contributed by atoms with Crippen LogP contribution < -0.4 is 9.64 Å². The Hall–Kier alpha value is -2.63. The first-order chi connectivity index (χ1) is 11.1. The van der Waals surface area contributed by atoms with Crippen LogP contribution in [0.3, 0.4) is 0 Å². The molecule has 6 heteroatoms. The summed E-state index contributed by atoms with van der Waals surface area (Å²) in [6, 6.07) is 9.38. The van der Waals surface area contributed by atoms with Crippen LogP contribution in [0.5, 0.6) is 5.88 Å². The van der Waals surface area contributed by atoms with Gasteiger partial charge in [0.25, 0.3) is 5.91 Å². The summed E-state index contributed by atoms with van der Waals surface area (Å²) < 4.78 is 5.79. The van der Waals surface area contributed by atoms with Crippen LogP contribution in [0.25, 0.3) is 0 Å². The van der Waals surface area contributed by atoms with Crippen LogP contribution in [0.2, 0.25) is 0 Å². The number of hydrogen-bond donors (Lipinski definition) is 0. The summed E-state index contributed by atoms with van der Waals surface area (Å²) in [5.41, 5.74) is 1.78. The molecule has 1 amide bonds. The van der Waals surface area contributed by atoms with Gasteiger partial charge in [0, 0.05) is 50.6 Å². The average Bonchev–Trinajstić information content (AvgIpc) is 3.03. The van der Waals surface area contributed by atoms with Gasteiger partial charge in [-0.2, -0.15) is 0 Å². The second kappa shape index (κ2) is 6.64. The van der Waals surface area contributed by atoms with Crippen LogP contribution in [0.15, 0.2) is 42.9 Å². The molecule has 0 aliphatic carbocycles. The number of nitrogens with zero attached hydrogens (tertiary/aromatic N) is 4. The third kappa shape index (κ3) is 3.59. The van der Waals surface area contributed by atoms with Crippen LogP contribution in [0, 0.1) is 0 Å². The molecule has 2 aromatic rings. The van der Waals surface area contributed by atoms with Crippen molar-refractivity contribution >= 4 is 11.6 Å². The zero-order chi connectivity index (χ0) is 16.2. The van der Waals surface area contributed by atoms with E-state index in [2.05, 4.69) is 9.97 Å². The van der Waals surface area contributed by atoms with Crippen molar-refractivity contribution in [3.8, 4) is 5.88 Å². The van der Waals surface area contributed by atoms with Gasteiger partial charge in [0.15, 0.2) is 0 Å². The number of carbonyl (C=O) groups is 1. The lowest BCUT2D eigenvalue weighted by Gasteiger charge is -2.18. The van der Waals surface area contributed by atoms with Crippen molar-refractivity contribution in [1.29, 1.82) is 0 Å². The van der Waals surface area contributed by atoms with Crippen molar-refractivity contribution in [2.45, 2.75) is 12.5 Å². The standard InChI is InChI=1S/C17H20N4O2/c1-20(2)14-5-3-13(4-6-14)17(22)21-10-8-15(11-21)23-16-7-9-18-12-19-16/h3-7,9,12,15H,8,10-11H2,1-2H3/t15-/m0/s1. The van der Waals surface area contributed by atoms with Crippen LogP contribution >= 0.6 is 0 Å². The van der Waals surface area contributed by atoms with Gasteiger partial charge in [0.05, 0.1) is 6.54 Å². The topological polar surface area (TPSA) is 58.6 Å². The molecule has 1 fully saturated rings. The molecule has 6 nitrogen and oxygen atoms in total. The first-order valence-corrected chi connectivity index (χ1v) is 7.63. The Morgan fingerprint density at radius 1 is 1.26 bits per heavy atom. The smallest absolute Gasteiger partial charge is 0.253 e. The number of ether oxygens (including phenoxy) is 1. The van der Waals surface area contributed by atoms with Crippen molar-refractivity contribution in [3.05, 3.63) is 48.4 Å². The van der Waals surface area contributed by atoms with E-state index >= 15 is 0 Å². The molecule has 0 N–H and O–H groups in total. The number of benzene rings is 1. The second-order valence-electron chi connectivity index (χ2n) is 5.77. The van der Waals surface area contributed by atoms with Crippen molar-refractivity contribution in [2.75, 3.05) is 32.1 Å². The highest BCUT2D eigenvalue weighted by molar-refractivity contribution is 5.94. The minimum atomic E-state index is -0.0186. The Kier molecular flexibility index (Phi) is 4.41. The van der Waals surface area contributed by atoms with E-state index in [1.807, 2.05) is 48.2 Å². The van der Waals surface area contributed by atoms with Crippen molar-refractivity contribution in [1.82, 2.24) is 14.9 Å². The molecular formula is C17H20N4O2. The maximum absolute atomic E-state index is 12.6. The van der Waals surface area contributed by atoms with Crippen LogP contribution in [-0.2, 0) is 0 Å². The Balaban J connectivity index is 1.61. The molecule has 0 bridgehead atoms. The summed E-state index contributed by atoms with van der Waals surface area (Å²) in [6.45, 7) is 1.28. The molecular weight excluding hydrogens is 292 g/mol. The van der Waals surface area contributed by atoms with Crippen LogP contribution in [0.1, 0.15) is 16.8 Å². The number of anilines is 1.